The van der Waals surface area contributed by atoms with Crippen LogP contribution in [0.3, 0.4) is 0 Å². The van der Waals surface area contributed by atoms with Gasteiger partial charge in [-0.05, 0) is 44.1 Å². The summed E-state index contributed by atoms with van der Waals surface area (Å²) in [4.78, 5) is 19.2. The van der Waals surface area contributed by atoms with E-state index >= 15 is 0 Å². The van der Waals surface area contributed by atoms with Gasteiger partial charge in [-0.15, -0.1) is 0 Å². The normalized spacial score (nSPS) is 18.0. The number of carbonyl (C=O) groups excluding carboxylic acids is 1. The molecule has 0 saturated carbocycles. The van der Waals surface area contributed by atoms with Crippen LogP contribution < -0.4 is 9.80 Å². The maximum Gasteiger partial charge on any atom is 0.389 e. The molecule has 1 saturated heterocycles. The van der Waals surface area contributed by atoms with E-state index in [2.05, 4.69) is 16.7 Å². The summed E-state index contributed by atoms with van der Waals surface area (Å²) in [5.74, 6) is -0.196. The van der Waals surface area contributed by atoms with E-state index in [1.165, 1.54) is 4.90 Å². The molecule has 1 amide bonds. The summed E-state index contributed by atoms with van der Waals surface area (Å²) in [7, 11) is 0. The molecule has 0 N–H and O–H groups in total. The van der Waals surface area contributed by atoms with E-state index < -0.39 is 12.6 Å². The molecule has 0 spiro atoms. The summed E-state index contributed by atoms with van der Waals surface area (Å²) >= 11 is 0. The van der Waals surface area contributed by atoms with E-state index in [4.69, 9.17) is 0 Å². The number of halogens is 3. The molecule has 2 aliphatic heterocycles. The minimum Gasteiger partial charge on any atom is -0.370 e. The smallest absolute Gasteiger partial charge is 0.370 e. The highest BCUT2D eigenvalue weighted by Gasteiger charge is 2.33. The summed E-state index contributed by atoms with van der Waals surface area (Å²) < 4.78 is 37.7. The number of rotatable bonds is 5. The molecule has 2 aliphatic rings. The number of hydrogen-bond donors (Lipinski definition) is 0. The number of anilines is 2. The second-order valence-corrected chi connectivity index (χ2v) is 7.78. The molecular formula is C22H26F3N3O. The Morgan fingerprint density at radius 2 is 1.79 bits per heavy atom. The highest BCUT2D eigenvalue weighted by Crippen LogP contribution is 2.42. The lowest BCUT2D eigenvalue weighted by molar-refractivity contribution is -0.135. The van der Waals surface area contributed by atoms with E-state index in [-0.39, 0.29) is 18.9 Å². The van der Waals surface area contributed by atoms with Crippen molar-refractivity contribution in [1.29, 1.82) is 0 Å². The third-order valence-corrected chi connectivity index (χ3v) is 5.98. The number of carbonyl (C=O) groups is 1. The molecule has 2 aromatic rings. The summed E-state index contributed by atoms with van der Waals surface area (Å²) in [5, 5.41) is 1.88. The fraction of sp³-hybridized carbons (Fsp3) is 0.500. The van der Waals surface area contributed by atoms with Crippen molar-refractivity contribution in [2.45, 2.75) is 32.4 Å². The number of alkyl halides is 3. The van der Waals surface area contributed by atoms with Crippen LogP contribution in [-0.4, -0.2) is 56.3 Å². The second-order valence-electron chi connectivity index (χ2n) is 7.78. The van der Waals surface area contributed by atoms with E-state index in [9.17, 15) is 18.0 Å². The Balaban J connectivity index is 1.64. The zero-order valence-corrected chi connectivity index (χ0v) is 16.6. The molecule has 4 rings (SSSR count). The Labute approximate surface area is 168 Å². The van der Waals surface area contributed by atoms with Gasteiger partial charge in [-0.3, -0.25) is 4.79 Å². The molecule has 0 unspecified atom stereocenters. The Kier molecular flexibility index (Phi) is 5.42. The van der Waals surface area contributed by atoms with Crippen LogP contribution in [0.2, 0.25) is 0 Å². The van der Waals surface area contributed by atoms with E-state index in [1.807, 2.05) is 24.3 Å². The Hall–Kier alpha value is -2.28. The first-order chi connectivity index (χ1) is 13.9. The van der Waals surface area contributed by atoms with Crippen molar-refractivity contribution in [1.82, 2.24) is 4.90 Å². The summed E-state index contributed by atoms with van der Waals surface area (Å²) in [6, 6.07) is 9.61. The lowest BCUT2D eigenvalue weighted by Crippen LogP contribution is -2.30. The van der Waals surface area contributed by atoms with E-state index in [0.717, 1.165) is 61.3 Å². The number of nitrogens with zero attached hydrogens (tertiary/aromatic N) is 3. The van der Waals surface area contributed by atoms with Crippen LogP contribution in [0.25, 0.3) is 10.8 Å². The van der Waals surface area contributed by atoms with Gasteiger partial charge < -0.3 is 14.7 Å². The Bertz CT molecular complexity index is 912. The molecule has 2 heterocycles. The predicted octanol–water partition coefficient (Wildman–Crippen LogP) is 4.67. The van der Waals surface area contributed by atoms with Crippen molar-refractivity contribution < 1.29 is 18.0 Å². The van der Waals surface area contributed by atoms with Crippen LogP contribution in [0.1, 0.15) is 36.5 Å². The van der Waals surface area contributed by atoms with Crippen LogP contribution in [-0.2, 0) is 0 Å². The fourth-order valence-corrected chi connectivity index (χ4v) is 4.49. The first-order valence-corrected chi connectivity index (χ1v) is 10.3. The molecule has 4 nitrogen and oxygen atoms in total. The third-order valence-electron chi connectivity index (χ3n) is 5.98. The van der Waals surface area contributed by atoms with E-state index in [1.54, 1.807) is 6.07 Å². The van der Waals surface area contributed by atoms with Crippen LogP contribution in [0.4, 0.5) is 24.5 Å². The van der Waals surface area contributed by atoms with Crippen LogP contribution in [0, 0.1) is 0 Å². The quantitative estimate of drug-likeness (QED) is 0.723. The predicted molar refractivity (Wildman–Crippen MR) is 110 cm³/mol. The maximum atomic E-state index is 12.9. The number of amides is 1. The molecule has 0 aromatic heterocycles. The van der Waals surface area contributed by atoms with Gasteiger partial charge in [0.15, 0.2) is 0 Å². The summed E-state index contributed by atoms with van der Waals surface area (Å²) in [6.07, 6.45) is -4.09. The van der Waals surface area contributed by atoms with Gasteiger partial charge in [0.25, 0.3) is 5.91 Å². The first-order valence-electron chi connectivity index (χ1n) is 10.3. The van der Waals surface area contributed by atoms with Gasteiger partial charge in [-0.25, -0.2) is 0 Å². The molecule has 2 aromatic carbocycles. The number of hydrogen-bond acceptors (Lipinski definition) is 3. The number of likely N-dealkylation sites (N-methyl/N-ethyl adjacent to an activating group) is 1. The van der Waals surface area contributed by atoms with E-state index in [0.29, 0.717) is 5.56 Å². The van der Waals surface area contributed by atoms with Gasteiger partial charge in [0.2, 0.25) is 0 Å². The van der Waals surface area contributed by atoms with Crippen molar-refractivity contribution in [3.8, 4) is 0 Å². The van der Waals surface area contributed by atoms with Gasteiger partial charge in [0.1, 0.15) is 0 Å². The van der Waals surface area contributed by atoms with Crippen molar-refractivity contribution in [3.63, 3.8) is 0 Å². The SMILES string of the molecule is CCN1CCCN(c2ccc3c4c(cccc24)C(=O)N3CCCC(F)(F)F)CC1. The number of benzene rings is 2. The van der Waals surface area contributed by atoms with Crippen molar-refractivity contribution in [2.24, 2.45) is 0 Å². The van der Waals surface area contributed by atoms with Gasteiger partial charge in [-0.2, -0.15) is 13.2 Å². The Morgan fingerprint density at radius 1 is 1.00 bits per heavy atom. The van der Waals surface area contributed by atoms with Gasteiger partial charge in [0.05, 0.1) is 5.69 Å². The minimum absolute atomic E-state index is 0.0800. The monoisotopic (exact) mass is 405 g/mol. The topological polar surface area (TPSA) is 26.8 Å². The minimum atomic E-state index is -4.20. The highest BCUT2D eigenvalue weighted by molar-refractivity contribution is 6.26. The lowest BCUT2D eigenvalue weighted by atomic mass is 10.0. The molecule has 0 aliphatic carbocycles. The fourth-order valence-electron chi connectivity index (χ4n) is 4.49. The van der Waals surface area contributed by atoms with Crippen molar-refractivity contribution in [3.05, 3.63) is 35.9 Å². The second kappa shape index (κ2) is 7.86. The average molecular weight is 405 g/mol. The van der Waals surface area contributed by atoms with Gasteiger partial charge >= 0.3 is 6.18 Å². The maximum absolute atomic E-state index is 12.9. The van der Waals surface area contributed by atoms with Crippen LogP contribution in [0.5, 0.6) is 0 Å². The zero-order chi connectivity index (χ0) is 20.6. The Morgan fingerprint density at radius 3 is 2.55 bits per heavy atom. The average Bonchev–Trinajstić information content (AvgIpc) is 2.85. The molecule has 0 atom stereocenters. The third kappa shape index (κ3) is 3.92. The molecule has 0 radical (unpaired) electrons. The molecular weight excluding hydrogens is 379 g/mol. The summed E-state index contributed by atoms with van der Waals surface area (Å²) in [6.45, 7) is 7.26. The van der Waals surface area contributed by atoms with Gasteiger partial charge in [-0.1, -0.05) is 19.1 Å². The summed E-state index contributed by atoms with van der Waals surface area (Å²) in [5.41, 5.74) is 2.43. The molecule has 1 fully saturated rings. The zero-order valence-electron chi connectivity index (χ0n) is 16.6. The van der Waals surface area contributed by atoms with Crippen molar-refractivity contribution >= 4 is 28.1 Å². The molecule has 7 heteroatoms. The molecule has 156 valence electrons. The largest absolute Gasteiger partial charge is 0.389 e. The van der Waals surface area contributed by atoms with Gasteiger partial charge in [0, 0.05) is 54.6 Å². The molecule has 29 heavy (non-hydrogen) atoms. The molecule has 0 bridgehead atoms. The highest BCUT2D eigenvalue weighted by atomic mass is 19.4. The van der Waals surface area contributed by atoms with Crippen molar-refractivity contribution in [2.75, 3.05) is 49.1 Å². The standard InChI is InChI=1S/C22H26F3N3O/c1-2-26-11-5-12-27(15-14-26)18-8-9-19-20-16(18)6-3-7-17(20)21(29)28(19)13-4-10-22(23,24)25/h3,6-9H,2,4-5,10-15H2,1H3. The lowest BCUT2D eigenvalue weighted by Gasteiger charge is -2.25. The van der Waals surface area contributed by atoms with Crippen LogP contribution in [0.15, 0.2) is 30.3 Å². The first kappa shape index (κ1) is 20.0. The van der Waals surface area contributed by atoms with Crippen LogP contribution >= 0.6 is 0 Å².